The van der Waals surface area contributed by atoms with Crippen LogP contribution in [0.4, 0.5) is 0 Å². The molecule has 3 rings (SSSR count). The van der Waals surface area contributed by atoms with Crippen LogP contribution in [0.3, 0.4) is 0 Å². The first kappa shape index (κ1) is 13.1. The predicted molar refractivity (Wildman–Crippen MR) is 79.8 cm³/mol. The van der Waals surface area contributed by atoms with E-state index in [1.54, 1.807) is 18.5 Å². The van der Waals surface area contributed by atoms with Crippen LogP contribution in [-0.4, -0.2) is 20.6 Å². The molecule has 0 amide bonds. The number of hydrogen-bond acceptors (Lipinski definition) is 3. The first-order valence-corrected chi connectivity index (χ1v) is 7.21. The van der Waals surface area contributed by atoms with Gasteiger partial charge in [-0.1, -0.05) is 17.7 Å². The van der Waals surface area contributed by atoms with Crippen LogP contribution in [0.25, 0.3) is 11.0 Å². The van der Waals surface area contributed by atoms with E-state index in [2.05, 4.69) is 4.98 Å². The quantitative estimate of drug-likeness (QED) is 0.794. The number of fused-ring (bicyclic) bond motifs is 1. The number of carboxylic acids is 1. The van der Waals surface area contributed by atoms with Crippen LogP contribution >= 0.6 is 22.9 Å². The largest absolute Gasteiger partial charge is 0.478 e. The monoisotopic (exact) mass is 306 g/mol. The zero-order valence-electron chi connectivity index (χ0n) is 10.6. The summed E-state index contributed by atoms with van der Waals surface area (Å²) in [4.78, 5) is 16.6. The Morgan fingerprint density at radius 1 is 1.40 bits per heavy atom. The van der Waals surface area contributed by atoms with Gasteiger partial charge < -0.3 is 9.67 Å². The molecule has 0 bridgehead atoms. The molecule has 0 aliphatic rings. The SMILES string of the molecule is CC(c1ccc(Cl)s1)n1cnc2c(C(=O)O)cccc21. The Kier molecular flexibility index (Phi) is 3.23. The Labute approximate surface area is 124 Å². The number of carbonyl (C=O) groups is 1. The summed E-state index contributed by atoms with van der Waals surface area (Å²) in [5.74, 6) is -0.965. The van der Waals surface area contributed by atoms with E-state index < -0.39 is 5.97 Å². The molecular formula is C14H11ClN2O2S. The smallest absolute Gasteiger partial charge is 0.337 e. The van der Waals surface area contributed by atoms with Crippen LogP contribution in [0.15, 0.2) is 36.7 Å². The number of thiophene rings is 1. The summed E-state index contributed by atoms with van der Waals surface area (Å²) in [5, 5.41) is 9.19. The lowest BCUT2D eigenvalue weighted by Crippen LogP contribution is -2.04. The van der Waals surface area contributed by atoms with Gasteiger partial charge in [0.1, 0.15) is 5.52 Å². The summed E-state index contributed by atoms with van der Waals surface area (Å²) < 4.78 is 2.70. The summed E-state index contributed by atoms with van der Waals surface area (Å²) in [5.41, 5.74) is 1.54. The Bertz CT molecular complexity index is 793. The molecule has 1 aromatic carbocycles. The average Bonchev–Trinajstić information content (AvgIpc) is 3.03. The van der Waals surface area contributed by atoms with E-state index in [0.717, 1.165) is 14.7 Å². The van der Waals surface area contributed by atoms with Gasteiger partial charge in [0.2, 0.25) is 0 Å². The Balaban J connectivity index is 2.13. The highest BCUT2D eigenvalue weighted by Crippen LogP contribution is 2.31. The molecule has 102 valence electrons. The lowest BCUT2D eigenvalue weighted by atomic mass is 10.1. The van der Waals surface area contributed by atoms with Crippen LogP contribution in [-0.2, 0) is 0 Å². The fourth-order valence-corrected chi connectivity index (χ4v) is 3.34. The zero-order chi connectivity index (χ0) is 14.3. The van der Waals surface area contributed by atoms with Crippen molar-refractivity contribution >= 4 is 39.9 Å². The number of aromatic nitrogens is 2. The number of rotatable bonds is 3. The van der Waals surface area contributed by atoms with Crippen molar-refractivity contribution in [1.29, 1.82) is 0 Å². The van der Waals surface area contributed by atoms with Crippen LogP contribution in [0, 0.1) is 0 Å². The lowest BCUT2D eigenvalue weighted by molar-refractivity contribution is 0.0699. The van der Waals surface area contributed by atoms with Crippen LogP contribution in [0.5, 0.6) is 0 Å². The zero-order valence-corrected chi connectivity index (χ0v) is 12.1. The number of hydrogen-bond donors (Lipinski definition) is 1. The van der Waals surface area contributed by atoms with E-state index in [1.165, 1.54) is 11.3 Å². The molecular weight excluding hydrogens is 296 g/mol. The van der Waals surface area contributed by atoms with Gasteiger partial charge in [0, 0.05) is 4.88 Å². The van der Waals surface area contributed by atoms with E-state index in [4.69, 9.17) is 11.6 Å². The average molecular weight is 307 g/mol. The highest BCUT2D eigenvalue weighted by atomic mass is 35.5. The molecule has 0 aliphatic carbocycles. The summed E-state index contributed by atoms with van der Waals surface area (Å²) in [6.45, 7) is 2.04. The van der Waals surface area contributed by atoms with Gasteiger partial charge in [0.25, 0.3) is 0 Å². The molecule has 0 fully saturated rings. The van der Waals surface area contributed by atoms with Gasteiger partial charge in [-0.15, -0.1) is 11.3 Å². The maximum atomic E-state index is 11.2. The van der Waals surface area contributed by atoms with Crippen LogP contribution < -0.4 is 0 Å². The second-order valence-electron chi connectivity index (χ2n) is 4.45. The van der Waals surface area contributed by atoms with Crippen LogP contribution in [0.2, 0.25) is 4.34 Å². The number of para-hydroxylation sites is 1. The van der Waals surface area contributed by atoms with Crippen molar-refractivity contribution in [3.05, 3.63) is 51.4 Å². The van der Waals surface area contributed by atoms with E-state index in [0.29, 0.717) is 5.52 Å². The third-order valence-electron chi connectivity index (χ3n) is 3.26. The number of nitrogens with zero attached hydrogens (tertiary/aromatic N) is 2. The molecule has 0 saturated heterocycles. The predicted octanol–water partition coefficient (Wildman–Crippen LogP) is 4.06. The van der Waals surface area contributed by atoms with Gasteiger partial charge in [-0.25, -0.2) is 9.78 Å². The third-order valence-corrected chi connectivity index (χ3v) is 4.66. The van der Waals surface area contributed by atoms with Gasteiger partial charge in [-0.05, 0) is 31.2 Å². The second kappa shape index (κ2) is 4.92. The van der Waals surface area contributed by atoms with E-state index in [1.807, 2.05) is 29.7 Å². The molecule has 0 radical (unpaired) electrons. The van der Waals surface area contributed by atoms with Crippen molar-refractivity contribution in [1.82, 2.24) is 9.55 Å². The summed E-state index contributed by atoms with van der Waals surface area (Å²) in [6.07, 6.45) is 1.68. The molecule has 0 aliphatic heterocycles. The number of halogens is 1. The van der Waals surface area contributed by atoms with Crippen molar-refractivity contribution in [2.75, 3.05) is 0 Å². The maximum Gasteiger partial charge on any atom is 0.337 e. The molecule has 6 heteroatoms. The third kappa shape index (κ3) is 2.09. The van der Waals surface area contributed by atoms with Crippen molar-refractivity contribution in [3.63, 3.8) is 0 Å². The summed E-state index contributed by atoms with van der Waals surface area (Å²) in [6, 6.07) is 9.07. The normalized spacial score (nSPS) is 12.7. The number of aromatic carboxylic acids is 1. The minimum absolute atomic E-state index is 0.0570. The highest BCUT2D eigenvalue weighted by Gasteiger charge is 2.17. The van der Waals surface area contributed by atoms with Crippen LogP contribution in [0.1, 0.15) is 28.2 Å². The Morgan fingerprint density at radius 3 is 2.85 bits per heavy atom. The van der Waals surface area contributed by atoms with E-state index in [-0.39, 0.29) is 11.6 Å². The first-order chi connectivity index (χ1) is 9.58. The lowest BCUT2D eigenvalue weighted by Gasteiger charge is -2.12. The van der Waals surface area contributed by atoms with Gasteiger partial charge in [0.05, 0.1) is 27.8 Å². The first-order valence-electron chi connectivity index (χ1n) is 6.02. The minimum atomic E-state index is -0.965. The van der Waals surface area contributed by atoms with E-state index >= 15 is 0 Å². The molecule has 1 unspecified atom stereocenters. The number of carboxylic acid groups (broad SMARTS) is 1. The van der Waals surface area contributed by atoms with Crippen molar-refractivity contribution in [2.24, 2.45) is 0 Å². The standard InChI is InChI=1S/C14H11ClN2O2S/c1-8(11-5-6-12(15)20-11)17-7-16-13-9(14(18)19)3-2-4-10(13)17/h2-8H,1H3,(H,18,19). The van der Waals surface area contributed by atoms with Gasteiger partial charge in [-0.2, -0.15) is 0 Å². The van der Waals surface area contributed by atoms with Crippen molar-refractivity contribution in [3.8, 4) is 0 Å². The molecule has 2 heterocycles. The van der Waals surface area contributed by atoms with E-state index in [9.17, 15) is 9.90 Å². The molecule has 0 saturated carbocycles. The van der Waals surface area contributed by atoms with Gasteiger partial charge >= 0.3 is 5.97 Å². The molecule has 4 nitrogen and oxygen atoms in total. The van der Waals surface area contributed by atoms with Crippen molar-refractivity contribution < 1.29 is 9.90 Å². The molecule has 20 heavy (non-hydrogen) atoms. The Hall–Kier alpha value is -1.85. The number of benzene rings is 1. The topological polar surface area (TPSA) is 55.1 Å². The molecule has 0 spiro atoms. The maximum absolute atomic E-state index is 11.2. The fraction of sp³-hybridized carbons (Fsp3) is 0.143. The molecule has 2 aromatic heterocycles. The van der Waals surface area contributed by atoms with Crippen molar-refractivity contribution in [2.45, 2.75) is 13.0 Å². The molecule has 1 N–H and O–H groups in total. The molecule has 1 atom stereocenters. The molecule has 3 aromatic rings. The van der Waals surface area contributed by atoms with Gasteiger partial charge in [0.15, 0.2) is 0 Å². The summed E-state index contributed by atoms with van der Waals surface area (Å²) >= 11 is 7.48. The minimum Gasteiger partial charge on any atom is -0.478 e. The second-order valence-corrected chi connectivity index (χ2v) is 6.19. The fourth-order valence-electron chi connectivity index (χ4n) is 2.23. The highest BCUT2D eigenvalue weighted by molar-refractivity contribution is 7.16. The van der Waals surface area contributed by atoms with Gasteiger partial charge in [-0.3, -0.25) is 0 Å². The Morgan fingerprint density at radius 2 is 2.20 bits per heavy atom. The summed E-state index contributed by atoms with van der Waals surface area (Å²) in [7, 11) is 0. The number of imidazole rings is 1.